The van der Waals surface area contributed by atoms with Crippen LogP contribution in [0.15, 0.2) is 24.5 Å². The zero-order valence-corrected chi connectivity index (χ0v) is 14.8. The van der Waals surface area contributed by atoms with Crippen molar-refractivity contribution in [3.8, 4) is 0 Å². The van der Waals surface area contributed by atoms with E-state index >= 15 is 0 Å². The highest BCUT2D eigenvalue weighted by Crippen LogP contribution is 2.30. The maximum atomic E-state index is 12.4. The molecular formula is C17H18F3N3O5. The number of aryl methyl sites for hydroxylation is 1. The molecule has 3 rings (SSSR count). The van der Waals surface area contributed by atoms with Gasteiger partial charge >= 0.3 is 18.1 Å². The molecule has 1 aliphatic carbocycles. The number of carbonyl (C=O) groups is 3. The van der Waals surface area contributed by atoms with Gasteiger partial charge in [-0.1, -0.05) is 12.8 Å². The van der Waals surface area contributed by atoms with Crippen molar-refractivity contribution in [2.75, 3.05) is 0 Å². The first-order valence-corrected chi connectivity index (χ1v) is 8.23. The second-order valence-corrected chi connectivity index (χ2v) is 6.41. The molecule has 0 unspecified atom stereocenters. The fourth-order valence-electron chi connectivity index (χ4n) is 2.94. The van der Waals surface area contributed by atoms with E-state index in [0.29, 0.717) is 18.4 Å². The van der Waals surface area contributed by atoms with Gasteiger partial charge in [-0.15, -0.1) is 0 Å². The van der Waals surface area contributed by atoms with Crippen LogP contribution < -0.4 is 5.32 Å². The van der Waals surface area contributed by atoms with Crippen LogP contribution in [0.1, 0.15) is 36.0 Å². The van der Waals surface area contributed by atoms with E-state index in [0.717, 1.165) is 23.9 Å². The van der Waals surface area contributed by atoms with E-state index in [1.165, 1.54) is 0 Å². The molecule has 2 aromatic rings. The van der Waals surface area contributed by atoms with Crippen molar-refractivity contribution < 1.29 is 37.8 Å². The number of nitrogens with one attached hydrogen (secondary N) is 1. The summed E-state index contributed by atoms with van der Waals surface area (Å²) in [5.74, 6) is -4.06. The van der Waals surface area contributed by atoms with Crippen molar-refractivity contribution in [1.29, 1.82) is 0 Å². The number of hydrogen-bond acceptors (Lipinski definition) is 4. The Bertz CT molecular complexity index is 901. The average molecular weight is 401 g/mol. The zero-order valence-electron chi connectivity index (χ0n) is 14.8. The molecule has 1 fully saturated rings. The van der Waals surface area contributed by atoms with E-state index in [4.69, 9.17) is 9.90 Å². The number of imidazole rings is 1. The van der Waals surface area contributed by atoms with Crippen LogP contribution in [-0.2, 0) is 16.6 Å². The van der Waals surface area contributed by atoms with Crippen molar-refractivity contribution in [1.82, 2.24) is 14.9 Å². The Morgan fingerprint density at radius 3 is 2.25 bits per heavy atom. The van der Waals surface area contributed by atoms with Crippen molar-refractivity contribution >= 4 is 28.9 Å². The third kappa shape index (κ3) is 4.59. The highest BCUT2D eigenvalue weighted by atomic mass is 19.4. The van der Waals surface area contributed by atoms with Gasteiger partial charge in [0.1, 0.15) is 5.54 Å². The van der Waals surface area contributed by atoms with Crippen LogP contribution >= 0.6 is 0 Å². The van der Waals surface area contributed by atoms with Crippen LogP contribution in [0.5, 0.6) is 0 Å². The van der Waals surface area contributed by atoms with Gasteiger partial charge in [0.05, 0.1) is 17.4 Å². The summed E-state index contributed by atoms with van der Waals surface area (Å²) in [4.78, 5) is 36.9. The van der Waals surface area contributed by atoms with Crippen LogP contribution in [-0.4, -0.2) is 49.3 Å². The largest absolute Gasteiger partial charge is 0.490 e. The minimum atomic E-state index is -5.08. The molecule has 1 aromatic heterocycles. The first kappa shape index (κ1) is 21.2. The summed E-state index contributed by atoms with van der Waals surface area (Å²) >= 11 is 0. The van der Waals surface area contributed by atoms with E-state index in [1.807, 2.05) is 17.7 Å². The third-order valence-corrected chi connectivity index (χ3v) is 4.45. The smallest absolute Gasteiger partial charge is 0.480 e. The quantitative estimate of drug-likeness (QED) is 0.726. The number of amides is 1. The fourth-order valence-corrected chi connectivity index (χ4v) is 2.94. The Morgan fingerprint density at radius 2 is 1.75 bits per heavy atom. The number of aromatic nitrogens is 2. The SMILES string of the molecule is Cn1cnc2cc(C(=O)NC3(C(=O)O)CCCC3)ccc21.O=C(O)C(F)(F)F. The van der Waals surface area contributed by atoms with Crippen molar-refractivity contribution in [2.45, 2.75) is 37.4 Å². The molecule has 1 heterocycles. The van der Waals surface area contributed by atoms with Gasteiger partial charge in [0.15, 0.2) is 0 Å². The molecule has 0 radical (unpaired) electrons. The number of carboxylic acids is 2. The molecule has 8 nitrogen and oxygen atoms in total. The molecule has 0 bridgehead atoms. The van der Waals surface area contributed by atoms with Crippen LogP contribution in [0.2, 0.25) is 0 Å². The van der Waals surface area contributed by atoms with Gasteiger partial charge in [-0.3, -0.25) is 4.79 Å². The molecular weight excluding hydrogens is 383 g/mol. The predicted molar refractivity (Wildman–Crippen MR) is 90.7 cm³/mol. The summed E-state index contributed by atoms with van der Waals surface area (Å²) < 4.78 is 33.6. The maximum Gasteiger partial charge on any atom is 0.490 e. The maximum absolute atomic E-state index is 12.4. The summed E-state index contributed by atoms with van der Waals surface area (Å²) in [5, 5.41) is 19.2. The van der Waals surface area contributed by atoms with Crippen LogP contribution in [0, 0.1) is 0 Å². The second kappa shape index (κ2) is 7.87. The Labute approximate surface area is 157 Å². The van der Waals surface area contributed by atoms with Gasteiger partial charge in [0, 0.05) is 12.6 Å². The fraction of sp³-hybridized carbons (Fsp3) is 0.412. The number of hydrogen-bond donors (Lipinski definition) is 3. The molecule has 0 aliphatic heterocycles. The van der Waals surface area contributed by atoms with Crippen LogP contribution in [0.3, 0.4) is 0 Å². The van der Waals surface area contributed by atoms with E-state index in [2.05, 4.69) is 10.3 Å². The predicted octanol–water partition coefficient (Wildman–Crippen LogP) is 2.33. The van der Waals surface area contributed by atoms with Gasteiger partial charge in [0.25, 0.3) is 5.91 Å². The minimum absolute atomic E-state index is 0.355. The van der Waals surface area contributed by atoms with Gasteiger partial charge in [-0.25, -0.2) is 14.6 Å². The molecule has 1 aromatic carbocycles. The number of rotatable bonds is 3. The standard InChI is InChI=1S/C15H17N3O3.C2HF3O2/c1-18-9-16-11-8-10(4-5-12(11)18)13(19)17-15(14(20)21)6-2-3-7-15;3-2(4,5)1(6)7/h4-5,8-9H,2-3,6-7H2,1H3,(H,17,19)(H,20,21);(H,6,7). The Morgan fingerprint density at radius 1 is 1.18 bits per heavy atom. The summed E-state index contributed by atoms with van der Waals surface area (Å²) in [7, 11) is 1.88. The van der Waals surface area contributed by atoms with Crippen molar-refractivity contribution in [3.63, 3.8) is 0 Å². The molecule has 1 amide bonds. The first-order chi connectivity index (χ1) is 13.0. The lowest BCUT2D eigenvalue weighted by Crippen LogP contribution is -2.52. The molecule has 28 heavy (non-hydrogen) atoms. The second-order valence-electron chi connectivity index (χ2n) is 6.41. The first-order valence-electron chi connectivity index (χ1n) is 8.23. The Kier molecular flexibility index (Phi) is 5.95. The van der Waals surface area contributed by atoms with Crippen molar-refractivity contribution in [2.24, 2.45) is 7.05 Å². The third-order valence-electron chi connectivity index (χ3n) is 4.45. The average Bonchev–Trinajstić information content (AvgIpc) is 3.22. The van der Waals surface area contributed by atoms with Crippen molar-refractivity contribution in [3.05, 3.63) is 30.1 Å². The van der Waals surface area contributed by atoms with E-state index in [1.54, 1.807) is 18.5 Å². The van der Waals surface area contributed by atoms with E-state index in [9.17, 15) is 27.9 Å². The topological polar surface area (TPSA) is 122 Å². The zero-order chi connectivity index (χ0) is 21.1. The number of aliphatic carboxylic acids is 2. The van der Waals surface area contributed by atoms with Crippen LogP contribution in [0.25, 0.3) is 11.0 Å². The van der Waals surface area contributed by atoms with Gasteiger partial charge in [-0.05, 0) is 31.0 Å². The number of carbonyl (C=O) groups excluding carboxylic acids is 1. The molecule has 1 aliphatic rings. The van der Waals surface area contributed by atoms with Gasteiger partial charge < -0.3 is 20.1 Å². The van der Waals surface area contributed by atoms with Crippen LogP contribution in [0.4, 0.5) is 13.2 Å². The summed E-state index contributed by atoms with van der Waals surface area (Å²) in [6.07, 6.45) is -0.778. The summed E-state index contributed by atoms with van der Waals surface area (Å²) in [5.41, 5.74) is 0.978. The monoisotopic (exact) mass is 401 g/mol. The highest BCUT2D eigenvalue weighted by Gasteiger charge is 2.42. The number of nitrogens with zero attached hydrogens (tertiary/aromatic N) is 2. The van der Waals surface area contributed by atoms with E-state index < -0.39 is 23.7 Å². The lowest BCUT2D eigenvalue weighted by atomic mass is 9.97. The number of benzene rings is 1. The lowest BCUT2D eigenvalue weighted by Gasteiger charge is -2.25. The summed E-state index contributed by atoms with van der Waals surface area (Å²) in [6, 6.07) is 5.21. The minimum Gasteiger partial charge on any atom is -0.480 e. The molecule has 1 saturated carbocycles. The molecule has 11 heteroatoms. The Hall–Kier alpha value is -3.11. The highest BCUT2D eigenvalue weighted by molar-refractivity contribution is 6.00. The number of fused-ring (bicyclic) bond motifs is 1. The number of alkyl halides is 3. The number of halogens is 3. The molecule has 0 atom stereocenters. The van der Waals surface area contributed by atoms with Gasteiger partial charge in [-0.2, -0.15) is 13.2 Å². The Balaban J connectivity index is 0.000000345. The molecule has 3 N–H and O–H groups in total. The van der Waals surface area contributed by atoms with Gasteiger partial charge in [0.2, 0.25) is 0 Å². The summed E-state index contributed by atoms with van der Waals surface area (Å²) in [6.45, 7) is 0. The molecule has 0 spiro atoms. The molecule has 0 saturated heterocycles. The normalized spacial score (nSPS) is 15.6. The van der Waals surface area contributed by atoms with E-state index in [-0.39, 0.29) is 5.91 Å². The lowest BCUT2D eigenvalue weighted by molar-refractivity contribution is -0.192. The number of carboxylic acid groups (broad SMARTS) is 2. The molecule has 152 valence electrons.